The first kappa shape index (κ1) is 11.7. The predicted molar refractivity (Wildman–Crippen MR) is 67.9 cm³/mol. The highest BCUT2D eigenvalue weighted by Gasteiger charge is 2.00. The zero-order chi connectivity index (χ0) is 12.1. The van der Waals surface area contributed by atoms with Gasteiger partial charge in [0.1, 0.15) is 0 Å². The van der Waals surface area contributed by atoms with Gasteiger partial charge in [-0.3, -0.25) is 5.10 Å². The molecule has 0 aliphatic heterocycles. The van der Waals surface area contributed by atoms with Crippen molar-refractivity contribution in [1.82, 2.24) is 10.2 Å². The maximum atomic E-state index is 8.82. The Labute approximate surface area is 101 Å². The first-order valence-electron chi connectivity index (χ1n) is 5.72. The number of benzene rings is 1. The Bertz CT molecular complexity index is 462. The molecule has 17 heavy (non-hydrogen) atoms. The molecule has 0 radical (unpaired) electrons. The Morgan fingerprint density at radius 3 is 2.65 bits per heavy atom. The molecule has 0 bridgehead atoms. The molecule has 1 aromatic carbocycles. The van der Waals surface area contributed by atoms with Crippen LogP contribution in [0.5, 0.6) is 0 Å². The lowest BCUT2D eigenvalue weighted by molar-refractivity contribution is 0.299. The van der Waals surface area contributed by atoms with Crippen LogP contribution >= 0.6 is 0 Å². The fourth-order valence-electron chi connectivity index (χ4n) is 1.67. The van der Waals surface area contributed by atoms with Crippen LogP contribution in [0.1, 0.15) is 16.8 Å². The smallest absolute Gasteiger partial charge is 0.0539 e. The summed E-state index contributed by atoms with van der Waals surface area (Å²) in [6.45, 7) is 2.97. The molecular weight excluding hydrogens is 214 g/mol. The average Bonchev–Trinajstić information content (AvgIpc) is 2.75. The summed E-state index contributed by atoms with van der Waals surface area (Å²) < 4.78 is 0. The third-order valence-electron chi connectivity index (χ3n) is 2.77. The molecular formula is C13H17N3O. The summed E-state index contributed by atoms with van der Waals surface area (Å²) in [4.78, 5) is 0. The number of anilines is 1. The monoisotopic (exact) mass is 231 g/mol. The number of hydrogen-bond donors (Lipinski definition) is 3. The van der Waals surface area contributed by atoms with Crippen LogP contribution in [0.3, 0.4) is 0 Å². The number of nitrogens with one attached hydrogen (secondary N) is 2. The molecule has 1 heterocycles. The molecule has 0 aliphatic rings. The molecule has 0 aliphatic carbocycles. The molecule has 0 saturated heterocycles. The van der Waals surface area contributed by atoms with Crippen LogP contribution in [0.4, 0.5) is 5.69 Å². The number of aliphatic hydroxyl groups is 1. The van der Waals surface area contributed by atoms with Crippen LogP contribution < -0.4 is 5.32 Å². The van der Waals surface area contributed by atoms with E-state index in [0.29, 0.717) is 6.42 Å². The van der Waals surface area contributed by atoms with Gasteiger partial charge in [-0.05, 0) is 31.0 Å². The van der Waals surface area contributed by atoms with Gasteiger partial charge in [0.05, 0.1) is 6.20 Å². The number of nitrogens with zero attached hydrogens (tertiary/aromatic N) is 1. The highest BCUT2D eigenvalue weighted by atomic mass is 16.2. The fraction of sp³-hybridized carbons (Fsp3) is 0.308. The van der Waals surface area contributed by atoms with E-state index >= 15 is 0 Å². The van der Waals surface area contributed by atoms with Crippen LogP contribution in [0.2, 0.25) is 0 Å². The minimum absolute atomic E-state index is 0.195. The minimum Gasteiger partial charge on any atom is -0.396 e. The summed E-state index contributed by atoms with van der Waals surface area (Å²) in [6.07, 6.45) is 2.55. The second-order valence-electron chi connectivity index (χ2n) is 4.04. The highest BCUT2D eigenvalue weighted by Crippen LogP contribution is 2.12. The molecule has 0 atom stereocenters. The molecule has 0 fully saturated rings. The van der Waals surface area contributed by atoms with Gasteiger partial charge in [0.15, 0.2) is 0 Å². The van der Waals surface area contributed by atoms with E-state index in [1.807, 2.05) is 37.4 Å². The van der Waals surface area contributed by atoms with E-state index in [4.69, 9.17) is 5.11 Å². The molecule has 0 unspecified atom stereocenters. The van der Waals surface area contributed by atoms with Gasteiger partial charge in [-0.2, -0.15) is 5.10 Å². The summed E-state index contributed by atoms with van der Waals surface area (Å²) in [7, 11) is 0. The molecule has 3 N–H and O–H groups in total. The number of hydrogen-bond acceptors (Lipinski definition) is 3. The summed E-state index contributed by atoms with van der Waals surface area (Å²) in [5.41, 5.74) is 4.49. The van der Waals surface area contributed by atoms with Crippen LogP contribution in [0.15, 0.2) is 30.5 Å². The van der Waals surface area contributed by atoms with E-state index < -0.39 is 0 Å². The van der Waals surface area contributed by atoms with Crippen LogP contribution in [0, 0.1) is 6.92 Å². The van der Waals surface area contributed by atoms with Gasteiger partial charge in [0.2, 0.25) is 0 Å². The van der Waals surface area contributed by atoms with E-state index in [9.17, 15) is 0 Å². The van der Waals surface area contributed by atoms with Crippen molar-refractivity contribution >= 4 is 5.69 Å². The normalized spacial score (nSPS) is 10.5. The van der Waals surface area contributed by atoms with Crippen molar-refractivity contribution in [3.05, 3.63) is 47.3 Å². The van der Waals surface area contributed by atoms with Crippen molar-refractivity contribution in [3.63, 3.8) is 0 Å². The summed E-state index contributed by atoms with van der Waals surface area (Å²) in [6, 6.07) is 8.11. The van der Waals surface area contributed by atoms with Crippen molar-refractivity contribution in [2.24, 2.45) is 0 Å². The summed E-state index contributed by atoms with van der Waals surface area (Å²) >= 11 is 0. The first-order valence-corrected chi connectivity index (χ1v) is 5.72. The Kier molecular flexibility index (Phi) is 3.77. The number of aryl methyl sites for hydroxylation is 1. The van der Waals surface area contributed by atoms with Crippen LogP contribution in [0.25, 0.3) is 0 Å². The molecule has 0 saturated carbocycles. The van der Waals surface area contributed by atoms with Gasteiger partial charge >= 0.3 is 0 Å². The maximum absolute atomic E-state index is 8.82. The second-order valence-corrected chi connectivity index (χ2v) is 4.04. The van der Waals surface area contributed by atoms with E-state index in [0.717, 1.165) is 23.5 Å². The van der Waals surface area contributed by atoms with Gasteiger partial charge < -0.3 is 10.4 Å². The molecule has 2 rings (SSSR count). The SMILES string of the molecule is Cc1[nH]ncc1CNc1ccc(CCO)cc1. The quantitative estimate of drug-likeness (QED) is 0.736. The lowest BCUT2D eigenvalue weighted by Crippen LogP contribution is -2.00. The molecule has 0 amide bonds. The van der Waals surface area contributed by atoms with Crippen LogP contribution in [-0.4, -0.2) is 21.9 Å². The van der Waals surface area contributed by atoms with Crippen molar-refractivity contribution in [2.45, 2.75) is 19.9 Å². The fourth-order valence-corrected chi connectivity index (χ4v) is 1.67. The van der Waals surface area contributed by atoms with Crippen molar-refractivity contribution in [2.75, 3.05) is 11.9 Å². The van der Waals surface area contributed by atoms with E-state index in [2.05, 4.69) is 15.5 Å². The Morgan fingerprint density at radius 1 is 1.29 bits per heavy atom. The third-order valence-corrected chi connectivity index (χ3v) is 2.77. The predicted octanol–water partition coefficient (Wildman–Crippen LogP) is 1.87. The standard InChI is InChI=1S/C13H17N3O/c1-10-12(9-15-16-10)8-14-13-4-2-11(3-5-13)6-7-17/h2-5,9,14,17H,6-8H2,1H3,(H,15,16). The summed E-state index contributed by atoms with van der Waals surface area (Å²) in [5, 5.41) is 19.0. The molecule has 0 spiro atoms. The van der Waals surface area contributed by atoms with Gasteiger partial charge in [0.25, 0.3) is 0 Å². The van der Waals surface area contributed by atoms with E-state index in [1.165, 1.54) is 5.56 Å². The number of aromatic nitrogens is 2. The number of aliphatic hydroxyl groups excluding tert-OH is 1. The maximum Gasteiger partial charge on any atom is 0.0539 e. The Balaban J connectivity index is 1.93. The topological polar surface area (TPSA) is 60.9 Å². The molecule has 4 nitrogen and oxygen atoms in total. The van der Waals surface area contributed by atoms with Gasteiger partial charge in [-0.1, -0.05) is 12.1 Å². The van der Waals surface area contributed by atoms with Crippen molar-refractivity contribution < 1.29 is 5.11 Å². The molecule has 2 aromatic rings. The zero-order valence-electron chi connectivity index (χ0n) is 9.90. The average molecular weight is 231 g/mol. The number of aromatic amines is 1. The minimum atomic E-state index is 0.195. The number of H-pyrrole nitrogens is 1. The van der Waals surface area contributed by atoms with Gasteiger partial charge in [-0.15, -0.1) is 0 Å². The highest BCUT2D eigenvalue weighted by molar-refractivity contribution is 5.45. The molecule has 1 aromatic heterocycles. The van der Waals surface area contributed by atoms with Crippen LogP contribution in [-0.2, 0) is 13.0 Å². The molecule has 90 valence electrons. The lowest BCUT2D eigenvalue weighted by Gasteiger charge is -2.06. The van der Waals surface area contributed by atoms with Gasteiger partial charge in [-0.25, -0.2) is 0 Å². The van der Waals surface area contributed by atoms with E-state index in [1.54, 1.807) is 0 Å². The molecule has 4 heteroatoms. The first-order chi connectivity index (χ1) is 8.29. The zero-order valence-corrected chi connectivity index (χ0v) is 9.90. The van der Waals surface area contributed by atoms with Gasteiger partial charge in [0, 0.05) is 30.1 Å². The second kappa shape index (κ2) is 5.50. The third kappa shape index (κ3) is 3.07. The van der Waals surface area contributed by atoms with Crippen molar-refractivity contribution in [3.8, 4) is 0 Å². The number of rotatable bonds is 5. The largest absolute Gasteiger partial charge is 0.396 e. The van der Waals surface area contributed by atoms with E-state index in [-0.39, 0.29) is 6.61 Å². The lowest BCUT2D eigenvalue weighted by atomic mass is 10.1. The van der Waals surface area contributed by atoms with Crippen molar-refractivity contribution in [1.29, 1.82) is 0 Å². The summed E-state index contributed by atoms with van der Waals surface area (Å²) in [5.74, 6) is 0. The Hall–Kier alpha value is -1.81. The Morgan fingerprint density at radius 2 is 2.06 bits per heavy atom.